The Kier molecular flexibility index (Phi) is 5.64. The molecule has 4 heterocycles. The number of rotatable bonds is 4. The van der Waals surface area contributed by atoms with Crippen molar-refractivity contribution in [3.63, 3.8) is 0 Å². The number of esters is 1. The van der Waals surface area contributed by atoms with Crippen LogP contribution in [0.5, 0.6) is 0 Å². The number of pyridine rings is 3. The molecule has 4 rings (SSSR count). The van der Waals surface area contributed by atoms with Crippen LogP contribution in [0.4, 0.5) is 14.6 Å². The summed E-state index contributed by atoms with van der Waals surface area (Å²) < 4.78 is 34.8. The summed E-state index contributed by atoms with van der Waals surface area (Å²) in [6.07, 6.45) is 2.25. The van der Waals surface area contributed by atoms with Crippen molar-refractivity contribution in [1.82, 2.24) is 19.9 Å². The molecule has 0 radical (unpaired) electrons. The number of aromatic nitrogens is 3. The Morgan fingerprint density at radius 3 is 2.84 bits per heavy atom. The molecule has 10 heteroatoms. The first kappa shape index (κ1) is 20.9. The molecule has 1 unspecified atom stereocenters. The van der Waals surface area contributed by atoms with Crippen LogP contribution < -0.4 is 15.6 Å². The van der Waals surface area contributed by atoms with Crippen molar-refractivity contribution >= 4 is 22.8 Å². The van der Waals surface area contributed by atoms with Gasteiger partial charge in [0, 0.05) is 31.9 Å². The van der Waals surface area contributed by atoms with E-state index in [1.54, 1.807) is 11.8 Å². The fourth-order valence-electron chi connectivity index (χ4n) is 3.60. The standard InChI is InChI=1S/C21H21F2N5O3/c1-3-31-21(30)15-11-28(17-5-4-13(22)9-25-17)19-14(18(15)29)8-16(23)20(26-19)27-7-6-24-12(2)10-27/h4-5,8-9,11-12,24H,3,6-7,10H2,1-2H3. The fourth-order valence-corrected chi connectivity index (χ4v) is 3.60. The van der Waals surface area contributed by atoms with Crippen LogP contribution in [-0.2, 0) is 4.74 Å². The lowest BCUT2D eigenvalue weighted by Crippen LogP contribution is -2.49. The van der Waals surface area contributed by atoms with E-state index in [9.17, 15) is 14.0 Å². The lowest BCUT2D eigenvalue weighted by Gasteiger charge is -2.33. The molecule has 3 aromatic rings. The van der Waals surface area contributed by atoms with E-state index in [4.69, 9.17) is 4.74 Å². The molecule has 1 N–H and O–H groups in total. The first-order valence-electron chi connectivity index (χ1n) is 9.92. The molecule has 162 valence electrons. The number of halogens is 2. The molecular weight excluding hydrogens is 408 g/mol. The van der Waals surface area contributed by atoms with Crippen molar-refractivity contribution < 1.29 is 18.3 Å². The highest BCUT2D eigenvalue weighted by molar-refractivity contribution is 5.93. The van der Waals surface area contributed by atoms with Crippen LogP contribution in [0.1, 0.15) is 24.2 Å². The summed E-state index contributed by atoms with van der Waals surface area (Å²) in [6.45, 7) is 5.40. The summed E-state index contributed by atoms with van der Waals surface area (Å²) in [5, 5.41) is 3.18. The summed E-state index contributed by atoms with van der Waals surface area (Å²) in [7, 11) is 0. The molecule has 1 aliphatic heterocycles. The number of hydrogen-bond donors (Lipinski definition) is 1. The average Bonchev–Trinajstić information content (AvgIpc) is 2.75. The van der Waals surface area contributed by atoms with E-state index in [0.29, 0.717) is 19.6 Å². The molecule has 0 bridgehead atoms. The summed E-state index contributed by atoms with van der Waals surface area (Å²) in [5.74, 6) is -1.74. The maximum Gasteiger partial charge on any atom is 0.343 e. The van der Waals surface area contributed by atoms with E-state index >= 15 is 4.39 Å². The molecule has 1 aliphatic rings. The lowest BCUT2D eigenvalue weighted by molar-refractivity contribution is 0.0524. The number of hydrogen-bond acceptors (Lipinski definition) is 7. The van der Waals surface area contributed by atoms with Gasteiger partial charge in [0.25, 0.3) is 0 Å². The highest BCUT2D eigenvalue weighted by Gasteiger charge is 2.24. The number of fused-ring (bicyclic) bond motifs is 1. The Balaban J connectivity index is 1.97. The van der Waals surface area contributed by atoms with Crippen molar-refractivity contribution in [3.8, 4) is 5.82 Å². The van der Waals surface area contributed by atoms with Gasteiger partial charge < -0.3 is 15.0 Å². The minimum absolute atomic E-state index is 0.0673. The third-order valence-corrected chi connectivity index (χ3v) is 5.04. The van der Waals surface area contributed by atoms with Gasteiger partial charge in [0.1, 0.15) is 17.2 Å². The van der Waals surface area contributed by atoms with E-state index in [1.807, 2.05) is 6.92 Å². The summed E-state index contributed by atoms with van der Waals surface area (Å²) in [5.41, 5.74) is -0.872. The van der Waals surface area contributed by atoms with Crippen molar-refractivity contribution in [2.45, 2.75) is 19.9 Å². The largest absolute Gasteiger partial charge is 0.462 e. The van der Waals surface area contributed by atoms with Gasteiger partial charge in [-0.3, -0.25) is 9.36 Å². The monoisotopic (exact) mass is 429 g/mol. The highest BCUT2D eigenvalue weighted by Crippen LogP contribution is 2.24. The smallest absolute Gasteiger partial charge is 0.343 e. The Labute approximate surface area is 176 Å². The number of nitrogens with one attached hydrogen (secondary N) is 1. The second kappa shape index (κ2) is 8.38. The lowest BCUT2D eigenvalue weighted by atomic mass is 10.1. The molecule has 31 heavy (non-hydrogen) atoms. The van der Waals surface area contributed by atoms with E-state index in [2.05, 4.69) is 15.3 Å². The summed E-state index contributed by atoms with van der Waals surface area (Å²) >= 11 is 0. The van der Waals surface area contributed by atoms with Gasteiger partial charge in [-0.05, 0) is 32.0 Å². The predicted molar refractivity (Wildman–Crippen MR) is 111 cm³/mol. The zero-order valence-corrected chi connectivity index (χ0v) is 17.1. The Hall–Kier alpha value is -3.40. The molecule has 0 amide bonds. The van der Waals surface area contributed by atoms with E-state index in [0.717, 1.165) is 12.3 Å². The third-order valence-electron chi connectivity index (χ3n) is 5.04. The van der Waals surface area contributed by atoms with E-state index in [1.165, 1.54) is 22.9 Å². The van der Waals surface area contributed by atoms with Gasteiger partial charge >= 0.3 is 5.97 Å². The first-order chi connectivity index (χ1) is 14.9. The molecule has 1 atom stereocenters. The zero-order chi connectivity index (χ0) is 22.1. The molecular formula is C21H21F2N5O3. The quantitative estimate of drug-likeness (QED) is 0.635. The minimum Gasteiger partial charge on any atom is -0.462 e. The second-order valence-corrected chi connectivity index (χ2v) is 7.26. The van der Waals surface area contributed by atoms with Gasteiger partial charge in [0.05, 0.1) is 18.2 Å². The molecule has 1 saturated heterocycles. The minimum atomic E-state index is -0.842. The van der Waals surface area contributed by atoms with Crippen molar-refractivity contribution in [1.29, 1.82) is 0 Å². The van der Waals surface area contributed by atoms with Gasteiger partial charge in [-0.25, -0.2) is 23.5 Å². The molecule has 8 nitrogen and oxygen atoms in total. The van der Waals surface area contributed by atoms with Crippen LogP contribution in [0.2, 0.25) is 0 Å². The number of piperazine rings is 1. The number of carbonyl (C=O) groups is 1. The highest BCUT2D eigenvalue weighted by atomic mass is 19.1. The Bertz CT molecular complexity index is 1200. The van der Waals surface area contributed by atoms with Gasteiger partial charge in [0.15, 0.2) is 17.3 Å². The molecule has 1 fully saturated rings. The van der Waals surface area contributed by atoms with Crippen molar-refractivity contribution in [3.05, 3.63) is 58.0 Å². The Morgan fingerprint density at radius 2 is 2.16 bits per heavy atom. The van der Waals surface area contributed by atoms with Crippen LogP contribution in [0.15, 0.2) is 35.4 Å². The molecule has 0 aliphatic carbocycles. The van der Waals surface area contributed by atoms with Gasteiger partial charge in [0.2, 0.25) is 5.43 Å². The number of ether oxygens (including phenoxy) is 1. The van der Waals surface area contributed by atoms with Gasteiger partial charge in [-0.2, -0.15) is 0 Å². The first-order valence-corrected chi connectivity index (χ1v) is 9.92. The van der Waals surface area contributed by atoms with Crippen LogP contribution in [0.3, 0.4) is 0 Å². The van der Waals surface area contributed by atoms with Crippen molar-refractivity contribution in [2.24, 2.45) is 0 Å². The maximum absolute atomic E-state index is 15.0. The SMILES string of the molecule is CCOC(=O)c1cn(-c2ccc(F)cn2)c2nc(N3CCNC(C)C3)c(F)cc2c1=O. The zero-order valence-electron chi connectivity index (χ0n) is 17.1. The third kappa shape index (κ3) is 3.98. The number of nitrogens with zero attached hydrogens (tertiary/aromatic N) is 4. The average molecular weight is 429 g/mol. The molecule has 0 spiro atoms. The van der Waals surface area contributed by atoms with Crippen LogP contribution in [0.25, 0.3) is 16.9 Å². The van der Waals surface area contributed by atoms with Crippen LogP contribution in [-0.4, -0.2) is 52.8 Å². The summed E-state index contributed by atoms with van der Waals surface area (Å²) in [4.78, 5) is 35.5. The number of carbonyl (C=O) groups excluding carboxylic acids is 1. The summed E-state index contributed by atoms with van der Waals surface area (Å²) in [6, 6.07) is 3.79. The topological polar surface area (TPSA) is 89.3 Å². The van der Waals surface area contributed by atoms with Crippen molar-refractivity contribution in [2.75, 3.05) is 31.1 Å². The van der Waals surface area contributed by atoms with Crippen LogP contribution in [0, 0.1) is 11.6 Å². The number of anilines is 1. The van der Waals surface area contributed by atoms with Gasteiger partial charge in [-0.1, -0.05) is 0 Å². The molecule has 3 aromatic heterocycles. The Morgan fingerprint density at radius 1 is 1.35 bits per heavy atom. The van der Waals surface area contributed by atoms with Gasteiger partial charge in [-0.15, -0.1) is 0 Å². The second-order valence-electron chi connectivity index (χ2n) is 7.26. The maximum atomic E-state index is 15.0. The molecule has 0 aromatic carbocycles. The molecule has 0 saturated carbocycles. The van der Waals surface area contributed by atoms with E-state index < -0.39 is 23.0 Å². The fraction of sp³-hybridized carbons (Fsp3) is 0.333. The normalized spacial score (nSPS) is 16.5. The predicted octanol–water partition coefficient (Wildman–Crippen LogP) is 2.03. The van der Waals surface area contributed by atoms with Crippen LogP contribution >= 0.6 is 0 Å². The van der Waals surface area contributed by atoms with E-state index in [-0.39, 0.29) is 40.9 Å².